The predicted molar refractivity (Wildman–Crippen MR) is 111 cm³/mol. The third-order valence-corrected chi connectivity index (χ3v) is 8.83. The zero-order chi connectivity index (χ0) is 19.3. The molecule has 4 saturated carbocycles. The minimum Gasteiger partial charge on any atom is -0.342 e. The van der Waals surface area contributed by atoms with Gasteiger partial charge in [-0.3, -0.25) is 9.59 Å². The highest BCUT2D eigenvalue weighted by molar-refractivity contribution is 7.09. The van der Waals surface area contributed by atoms with Crippen molar-refractivity contribution in [2.45, 2.75) is 57.9 Å². The standard InChI is InChI=1S/C23H32N2O2S/c1-24(15-20-3-2-8-28-20)21(26)19-4-6-25(7-5-19)22(27)23-12-16-9-17(13-23)11-18(10-16)14-23/h2-3,8,16-19H,4-7,9-15H2,1H3. The lowest BCUT2D eigenvalue weighted by Crippen LogP contribution is -2.56. The van der Waals surface area contributed by atoms with E-state index < -0.39 is 0 Å². The van der Waals surface area contributed by atoms with Crippen molar-refractivity contribution in [3.63, 3.8) is 0 Å². The molecular weight excluding hydrogens is 368 g/mol. The van der Waals surface area contributed by atoms with E-state index in [2.05, 4.69) is 16.3 Å². The van der Waals surface area contributed by atoms with E-state index in [0.717, 1.165) is 62.9 Å². The molecule has 0 spiro atoms. The summed E-state index contributed by atoms with van der Waals surface area (Å²) in [6.45, 7) is 2.23. The molecule has 152 valence electrons. The molecule has 0 aromatic carbocycles. The summed E-state index contributed by atoms with van der Waals surface area (Å²) < 4.78 is 0. The lowest BCUT2D eigenvalue weighted by Gasteiger charge is -2.57. The van der Waals surface area contributed by atoms with Gasteiger partial charge in [-0.2, -0.15) is 0 Å². The molecular formula is C23H32N2O2S. The number of likely N-dealkylation sites (tertiary alicyclic amines) is 1. The number of nitrogens with zero attached hydrogens (tertiary/aromatic N) is 2. The van der Waals surface area contributed by atoms with Crippen LogP contribution in [0.25, 0.3) is 0 Å². The van der Waals surface area contributed by atoms with Crippen molar-refractivity contribution in [2.24, 2.45) is 29.1 Å². The summed E-state index contributed by atoms with van der Waals surface area (Å²) in [4.78, 5) is 31.6. The van der Waals surface area contributed by atoms with Gasteiger partial charge in [0, 0.05) is 30.9 Å². The summed E-state index contributed by atoms with van der Waals surface area (Å²) >= 11 is 1.70. The van der Waals surface area contributed by atoms with E-state index in [1.807, 2.05) is 18.0 Å². The van der Waals surface area contributed by atoms with Gasteiger partial charge in [0.05, 0.1) is 12.0 Å². The summed E-state index contributed by atoms with van der Waals surface area (Å²) in [6, 6.07) is 4.12. The van der Waals surface area contributed by atoms with Crippen LogP contribution in [0.2, 0.25) is 0 Å². The Balaban J connectivity index is 1.18. The SMILES string of the molecule is CN(Cc1cccs1)C(=O)C1CCN(C(=O)C23CC4CC(CC(C4)C2)C3)CC1. The maximum absolute atomic E-state index is 13.5. The van der Waals surface area contributed by atoms with Gasteiger partial charge in [-0.15, -0.1) is 11.3 Å². The fourth-order valence-corrected chi connectivity index (χ4v) is 7.82. The smallest absolute Gasteiger partial charge is 0.228 e. The summed E-state index contributed by atoms with van der Waals surface area (Å²) in [6.07, 6.45) is 9.19. The normalized spacial score (nSPS) is 34.6. The van der Waals surface area contributed by atoms with E-state index in [1.54, 1.807) is 11.3 Å². The first-order valence-corrected chi connectivity index (χ1v) is 12.0. The highest BCUT2D eigenvalue weighted by atomic mass is 32.1. The fourth-order valence-electron chi connectivity index (χ4n) is 7.06. The van der Waals surface area contributed by atoms with Gasteiger partial charge in [-0.25, -0.2) is 0 Å². The molecule has 2 amide bonds. The molecule has 1 aromatic heterocycles. The maximum atomic E-state index is 13.5. The second-order valence-electron chi connectivity index (χ2n) is 10.0. The highest BCUT2D eigenvalue weighted by Gasteiger charge is 2.55. The monoisotopic (exact) mass is 400 g/mol. The molecule has 0 N–H and O–H groups in total. The topological polar surface area (TPSA) is 40.6 Å². The highest BCUT2D eigenvalue weighted by Crippen LogP contribution is 2.60. The first kappa shape index (κ1) is 18.7. The molecule has 4 aliphatic carbocycles. The number of carbonyl (C=O) groups is 2. The largest absolute Gasteiger partial charge is 0.342 e. The van der Waals surface area contributed by atoms with Crippen molar-refractivity contribution >= 4 is 23.2 Å². The minimum absolute atomic E-state index is 0.0401. The van der Waals surface area contributed by atoms with Gasteiger partial charge in [0.2, 0.25) is 11.8 Å². The molecule has 1 aromatic rings. The van der Waals surface area contributed by atoms with E-state index in [1.165, 1.54) is 24.1 Å². The summed E-state index contributed by atoms with van der Waals surface area (Å²) in [5.74, 6) is 3.17. The number of amides is 2. The Morgan fingerprint density at radius 3 is 2.25 bits per heavy atom. The predicted octanol–water partition coefficient (Wildman–Crippen LogP) is 4.16. The molecule has 6 rings (SSSR count). The molecule has 1 saturated heterocycles. The Hall–Kier alpha value is -1.36. The number of carbonyl (C=O) groups excluding carboxylic acids is 2. The van der Waals surface area contributed by atoms with E-state index in [0.29, 0.717) is 12.5 Å². The van der Waals surface area contributed by atoms with Crippen molar-refractivity contribution in [3.05, 3.63) is 22.4 Å². The van der Waals surface area contributed by atoms with Gasteiger partial charge >= 0.3 is 0 Å². The lowest BCUT2D eigenvalue weighted by molar-refractivity contribution is -0.160. The Bertz CT molecular complexity index is 701. The molecule has 2 heterocycles. The summed E-state index contributed by atoms with van der Waals surface area (Å²) in [5, 5.41) is 2.06. The molecule has 4 bridgehead atoms. The molecule has 0 radical (unpaired) electrons. The van der Waals surface area contributed by atoms with Crippen LogP contribution in [-0.4, -0.2) is 41.8 Å². The van der Waals surface area contributed by atoms with Crippen LogP contribution in [0.5, 0.6) is 0 Å². The van der Waals surface area contributed by atoms with Gasteiger partial charge < -0.3 is 9.80 Å². The summed E-state index contributed by atoms with van der Waals surface area (Å²) in [7, 11) is 1.91. The van der Waals surface area contributed by atoms with E-state index in [-0.39, 0.29) is 17.2 Å². The van der Waals surface area contributed by atoms with E-state index in [9.17, 15) is 9.59 Å². The average Bonchev–Trinajstić information content (AvgIpc) is 3.19. The van der Waals surface area contributed by atoms with E-state index in [4.69, 9.17) is 0 Å². The van der Waals surface area contributed by atoms with Gasteiger partial charge in [0.25, 0.3) is 0 Å². The lowest BCUT2D eigenvalue weighted by atomic mass is 9.49. The Morgan fingerprint density at radius 2 is 1.71 bits per heavy atom. The molecule has 0 atom stereocenters. The molecule has 28 heavy (non-hydrogen) atoms. The van der Waals surface area contributed by atoms with Crippen molar-refractivity contribution in [3.8, 4) is 0 Å². The van der Waals surface area contributed by atoms with Gasteiger partial charge in [-0.05, 0) is 80.6 Å². The first-order chi connectivity index (χ1) is 13.5. The van der Waals surface area contributed by atoms with Crippen LogP contribution in [0.15, 0.2) is 17.5 Å². The van der Waals surface area contributed by atoms with Crippen LogP contribution in [0, 0.1) is 29.1 Å². The molecule has 5 fully saturated rings. The second-order valence-corrected chi connectivity index (χ2v) is 11.1. The van der Waals surface area contributed by atoms with Crippen molar-refractivity contribution in [1.29, 1.82) is 0 Å². The zero-order valence-corrected chi connectivity index (χ0v) is 17.8. The molecule has 5 aliphatic rings. The quantitative estimate of drug-likeness (QED) is 0.761. The van der Waals surface area contributed by atoms with Crippen molar-refractivity contribution in [2.75, 3.05) is 20.1 Å². The van der Waals surface area contributed by atoms with E-state index >= 15 is 0 Å². The van der Waals surface area contributed by atoms with Crippen LogP contribution >= 0.6 is 11.3 Å². The van der Waals surface area contributed by atoms with Gasteiger partial charge in [0.1, 0.15) is 0 Å². The summed E-state index contributed by atoms with van der Waals surface area (Å²) in [5.41, 5.74) is -0.0401. The number of rotatable bonds is 4. The Labute approximate surface area is 172 Å². The number of hydrogen-bond donors (Lipinski definition) is 0. The third-order valence-electron chi connectivity index (χ3n) is 7.97. The first-order valence-electron chi connectivity index (χ1n) is 11.1. The molecule has 5 heteroatoms. The van der Waals surface area contributed by atoms with Crippen molar-refractivity contribution < 1.29 is 9.59 Å². The van der Waals surface area contributed by atoms with Crippen molar-refractivity contribution in [1.82, 2.24) is 9.80 Å². The second kappa shape index (κ2) is 7.16. The van der Waals surface area contributed by atoms with Crippen LogP contribution in [-0.2, 0) is 16.1 Å². The average molecular weight is 401 g/mol. The maximum Gasteiger partial charge on any atom is 0.228 e. The zero-order valence-electron chi connectivity index (χ0n) is 16.9. The molecule has 4 nitrogen and oxygen atoms in total. The van der Waals surface area contributed by atoms with Gasteiger partial charge in [0.15, 0.2) is 0 Å². The molecule has 0 unspecified atom stereocenters. The fraction of sp³-hybridized carbons (Fsp3) is 0.739. The van der Waals surface area contributed by atoms with Crippen LogP contribution in [0.4, 0.5) is 0 Å². The van der Waals surface area contributed by atoms with Crippen LogP contribution < -0.4 is 0 Å². The number of hydrogen-bond acceptors (Lipinski definition) is 3. The van der Waals surface area contributed by atoms with Gasteiger partial charge in [-0.1, -0.05) is 6.07 Å². The van der Waals surface area contributed by atoms with Crippen LogP contribution in [0.3, 0.4) is 0 Å². The van der Waals surface area contributed by atoms with Crippen LogP contribution in [0.1, 0.15) is 56.2 Å². The number of thiophene rings is 1. The number of piperidine rings is 1. The minimum atomic E-state index is -0.0401. The third kappa shape index (κ3) is 3.30. The molecule has 1 aliphatic heterocycles. The Morgan fingerprint density at radius 1 is 1.11 bits per heavy atom. The Kier molecular flexibility index (Phi) is 4.77.